The summed E-state index contributed by atoms with van der Waals surface area (Å²) in [6, 6.07) is 5.21. The molecule has 0 aliphatic heterocycles. The lowest BCUT2D eigenvalue weighted by Crippen LogP contribution is -2.35. The van der Waals surface area contributed by atoms with Gasteiger partial charge in [-0.05, 0) is 17.7 Å². The van der Waals surface area contributed by atoms with Crippen molar-refractivity contribution >= 4 is 15.8 Å². The molecule has 0 heterocycles. The summed E-state index contributed by atoms with van der Waals surface area (Å²) in [5, 5.41) is 2.66. The first kappa shape index (κ1) is 19.1. The number of nitrogens with zero attached hydrogens (tertiary/aromatic N) is 1. The van der Waals surface area contributed by atoms with Crippen LogP contribution in [0, 0.1) is 0 Å². The summed E-state index contributed by atoms with van der Waals surface area (Å²) < 4.78 is 62.3. The van der Waals surface area contributed by atoms with Crippen molar-refractivity contribution < 1.29 is 26.3 Å². The van der Waals surface area contributed by atoms with Gasteiger partial charge in [0.15, 0.2) is 15.8 Å². The average Bonchev–Trinajstić information content (AvgIpc) is 2.45. The fourth-order valence-electron chi connectivity index (χ4n) is 1.51. The van der Waals surface area contributed by atoms with Crippen molar-refractivity contribution in [2.24, 2.45) is 10.7 Å². The Labute approximate surface area is 132 Å². The van der Waals surface area contributed by atoms with Crippen LogP contribution < -0.4 is 15.8 Å². The van der Waals surface area contributed by atoms with Crippen molar-refractivity contribution in [1.29, 1.82) is 0 Å². The maximum atomic E-state index is 12.0. The van der Waals surface area contributed by atoms with Crippen molar-refractivity contribution in [2.45, 2.75) is 19.8 Å². The average molecular weight is 353 g/mol. The van der Waals surface area contributed by atoms with Gasteiger partial charge in [0.05, 0.1) is 12.3 Å². The van der Waals surface area contributed by atoms with E-state index in [1.807, 2.05) is 0 Å². The minimum Gasteiger partial charge on any atom is -0.406 e. The number of benzene rings is 1. The summed E-state index contributed by atoms with van der Waals surface area (Å²) in [5.41, 5.74) is 6.21. The lowest BCUT2D eigenvalue weighted by atomic mass is 10.2. The Kier molecular flexibility index (Phi) is 6.67. The Morgan fingerprint density at radius 2 is 1.91 bits per heavy atom. The number of nitrogens with two attached hydrogens (primary N) is 1. The van der Waals surface area contributed by atoms with E-state index in [0.29, 0.717) is 5.56 Å². The lowest BCUT2D eigenvalue weighted by Gasteiger charge is -2.09. The van der Waals surface area contributed by atoms with E-state index in [0.717, 1.165) is 0 Å². The number of alkyl halides is 3. The molecule has 10 heteroatoms. The van der Waals surface area contributed by atoms with Crippen LogP contribution in [0.4, 0.5) is 13.2 Å². The first-order valence-corrected chi connectivity index (χ1v) is 8.52. The summed E-state index contributed by atoms with van der Waals surface area (Å²) in [4.78, 5) is 3.97. The number of halogens is 3. The minimum absolute atomic E-state index is 0.0524. The highest BCUT2D eigenvalue weighted by atomic mass is 32.2. The summed E-state index contributed by atoms with van der Waals surface area (Å²) >= 11 is 0. The molecule has 0 atom stereocenters. The van der Waals surface area contributed by atoms with Crippen molar-refractivity contribution in [3.05, 3.63) is 29.8 Å². The quantitative estimate of drug-likeness (QED) is 0.571. The van der Waals surface area contributed by atoms with Gasteiger partial charge in [0, 0.05) is 12.3 Å². The predicted octanol–water partition coefficient (Wildman–Crippen LogP) is 1.42. The Bertz CT molecular complexity index is 628. The van der Waals surface area contributed by atoms with Gasteiger partial charge in [-0.15, -0.1) is 13.2 Å². The normalized spacial score (nSPS) is 13.0. The molecule has 0 saturated heterocycles. The molecule has 3 N–H and O–H groups in total. The van der Waals surface area contributed by atoms with Crippen molar-refractivity contribution in [3.8, 4) is 5.75 Å². The second kappa shape index (κ2) is 8.04. The predicted molar refractivity (Wildman–Crippen MR) is 80.8 cm³/mol. The molecule has 0 aromatic heterocycles. The first-order chi connectivity index (χ1) is 10.6. The van der Waals surface area contributed by atoms with Crippen LogP contribution in [0.1, 0.15) is 12.5 Å². The van der Waals surface area contributed by atoms with E-state index in [4.69, 9.17) is 5.73 Å². The minimum atomic E-state index is -4.73. The molecule has 0 saturated carbocycles. The number of aliphatic imine (C=N–C) groups is 1. The third-order valence-corrected chi connectivity index (χ3v) is 4.45. The van der Waals surface area contributed by atoms with E-state index in [2.05, 4.69) is 15.0 Å². The molecule has 0 bridgehead atoms. The highest BCUT2D eigenvalue weighted by Gasteiger charge is 2.30. The molecule has 0 radical (unpaired) electrons. The molecule has 0 spiro atoms. The van der Waals surface area contributed by atoms with E-state index in [1.54, 1.807) is 6.92 Å². The zero-order valence-electron chi connectivity index (χ0n) is 12.4. The molecule has 0 fully saturated rings. The van der Waals surface area contributed by atoms with Crippen LogP contribution >= 0.6 is 0 Å². The van der Waals surface area contributed by atoms with E-state index in [-0.39, 0.29) is 36.3 Å². The molecule has 1 aromatic rings. The molecule has 0 unspecified atom stereocenters. The molecule has 0 amide bonds. The van der Waals surface area contributed by atoms with Crippen molar-refractivity contribution in [3.63, 3.8) is 0 Å². The summed E-state index contributed by atoms with van der Waals surface area (Å²) in [6.07, 6.45) is -4.73. The second-order valence-electron chi connectivity index (χ2n) is 4.56. The first-order valence-electron chi connectivity index (χ1n) is 6.70. The smallest absolute Gasteiger partial charge is 0.406 e. The number of nitrogens with one attached hydrogen (secondary N) is 1. The van der Waals surface area contributed by atoms with Crippen LogP contribution in [-0.2, 0) is 16.4 Å². The number of hydrogen-bond acceptors (Lipinski definition) is 4. The molecule has 130 valence electrons. The van der Waals surface area contributed by atoms with Crippen LogP contribution in [0.15, 0.2) is 29.3 Å². The van der Waals surface area contributed by atoms with Crippen LogP contribution in [0.2, 0.25) is 0 Å². The molecule has 0 aliphatic rings. The van der Waals surface area contributed by atoms with E-state index >= 15 is 0 Å². The summed E-state index contributed by atoms with van der Waals surface area (Å²) in [6.45, 7) is 1.84. The molecule has 0 aliphatic carbocycles. The van der Waals surface area contributed by atoms with Crippen LogP contribution in [0.25, 0.3) is 0 Å². The number of rotatable bonds is 7. The maximum Gasteiger partial charge on any atom is 0.573 e. The number of ether oxygens (including phenoxy) is 1. The largest absolute Gasteiger partial charge is 0.573 e. The standard InChI is InChI=1S/C13H18F3N3O3S/c1-2-23(20,21)8-7-18-12(17)19-9-10-3-5-11(6-4-10)22-13(14,15)16/h3-6H,2,7-9H2,1H3,(H3,17,18,19). The topological polar surface area (TPSA) is 93.8 Å². The zero-order chi connectivity index (χ0) is 17.5. The number of sulfone groups is 1. The third kappa shape index (κ3) is 8.29. The van der Waals surface area contributed by atoms with Gasteiger partial charge in [-0.25, -0.2) is 13.4 Å². The Balaban J connectivity index is 2.47. The van der Waals surface area contributed by atoms with E-state index < -0.39 is 16.2 Å². The van der Waals surface area contributed by atoms with Crippen molar-refractivity contribution in [1.82, 2.24) is 5.32 Å². The van der Waals surface area contributed by atoms with E-state index in [1.165, 1.54) is 24.3 Å². The summed E-state index contributed by atoms with van der Waals surface area (Å²) in [7, 11) is -3.08. The van der Waals surface area contributed by atoms with Gasteiger partial charge in [0.1, 0.15) is 5.75 Å². The Hall–Kier alpha value is -1.97. The molecule has 1 rings (SSSR count). The third-order valence-electron chi connectivity index (χ3n) is 2.75. The molecular weight excluding hydrogens is 335 g/mol. The van der Waals surface area contributed by atoms with Gasteiger partial charge < -0.3 is 15.8 Å². The van der Waals surface area contributed by atoms with Crippen LogP contribution in [0.5, 0.6) is 5.75 Å². The fourth-order valence-corrected chi connectivity index (χ4v) is 2.21. The summed E-state index contributed by atoms with van der Waals surface area (Å²) in [5.74, 6) is -0.255. The Morgan fingerprint density at radius 1 is 1.30 bits per heavy atom. The van der Waals surface area contributed by atoms with Gasteiger partial charge in [0.2, 0.25) is 0 Å². The monoisotopic (exact) mass is 353 g/mol. The molecular formula is C13H18F3N3O3S. The van der Waals surface area contributed by atoms with Gasteiger partial charge in [-0.3, -0.25) is 0 Å². The Morgan fingerprint density at radius 3 is 2.43 bits per heavy atom. The SMILES string of the molecule is CCS(=O)(=O)CCNC(N)=NCc1ccc(OC(F)(F)F)cc1. The molecule has 23 heavy (non-hydrogen) atoms. The lowest BCUT2D eigenvalue weighted by molar-refractivity contribution is -0.274. The van der Waals surface area contributed by atoms with Gasteiger partial charge in [-0.2, -0.15) is 0 Å². The van der Waals surface area contributed by atoms with Crippen molar-refractivity contribution in [2.75, 3.05) is 18.1 Å². The molecule has 1 aromatic carbocycles. The number of guanidine groups is 1. The zero-order valence-corrected chi connectivity index (χ0v) is 13.2. The number of hydrogen-bond donors (Lipinski definition) is 2. The van der Waals surface area contributed by atoms with E-state index in [9.17, 15) is 21.6 Å². The highest BCUT2D eigenvalue weighted by molar-refractivity contribution is 7.91. The van der Waals surface area contributed by atoms with Gasteiger partial charge in [0.25, 0.3) is 0 Å². The highest BCUT2D eigenvalue weighted by Crippen LogP contribution is 2.22. The van der Waals surface area contributed by atoms with Crippen LogP contribution in [-0.4, -0.2) is 38.8 Å². The van der Waals surface area contributed by atoms with Crippen LogP contribution in [0.3, 0.4) is 0 Å². The second-order valence-corrected chi connectivity index (χ2v) is 7.03. The maximum absolute atomic E-state index is 12.0. The van der Waals surface area contributed by atoms with Gasteiger partial charge >= 0.3 is 6.36 Å². The fraction of sp³-hybridized carbons (Fsp3) is 0.462. The molecule has 6 nitrogen and oxygen atoms in total. The van der Waals surface area contributed by atoms with Gasteiger partial charge in [-0.1, -0.05) is 19.1 Å².